The Balaban J connectivity index is 1.32. The average molecular weight is 749 g/mol. The van der Waals surface area contributed by atoms with Gasteiger partial charge in [-0.25, -0.2) is 4.79 Å². The van der Waals surface area contributed by atoms with E-state index in [1.54, 1.807) is 14.2 Å². The van der Waals surface area contributed by atoms with Gasteiger partial charge in [0, 0.05) is 11.6 Å². The van der Waals surface area contributed by atoms with Crippen molar-refractivity contribution in [2.24, 2.45) is 0 Å². The fourth-order valence-corrected chi connectivity index (χ4v) is 6.87. The predicted molar refractivity (Wildman–Crippen MR) is 186 cm³/mol. The summed E-state index contributed by atoms with van der Waals surface area (Å²) in [5, 5.41) is 15.5. The molecular weight excluding hydrogens is 713 g/mol. The maximum atomic E-state index is 13.2. The van der Waals surface area contributed by atoms with Crippen molar-refractivity contribution in [2.45, 2.75) is 42.0 Å². The van der Waals surface area contributed by atoms with Crippen molar-refractivity contribution in [1.82, 2.24) is 20.2 Å². The standard InChI is InChI=1S/C38H35F3N4O9/c1-51-27-14-10-25(11-15-27)37(24-8-4-3-5-9-24,26-12-16-28(52-2)17-13-26)21-36-22-53-30(31(36)47)33(54-36)45-20-23(32(48)44-35(45)50)7-6-18-42-29(46)19-43-34(49)38(39,40)41/h3-5,8-17,20,30-31,33,47H,18-19,21-22H2,1-2H3,(H,42,46)(H,43,49)(H,44,48,50)/t30?,31-,33-,36?/m1/s1. The van der Waals surface area contributed by atoms with Crippen molar-refractivity contribution in [2.75, 3.05) is 33.9 Å². The van der Waals surface area contributed by atoms with Gasteiger partial charge in [0.15, 0.2) is 6.23 Å². The van der Waals surface area contributed by atoms with E-state index in [4.69, 9.17) is 18.9 Å². The number of aliphatic hydroxyl groups excluding tert-OH is 1. The van der Waals surface area contributed by atoms with Crippen LogP contribution in [0.5, 0.6) is 11.5 Å². The molecule has 4 atom stereocenters. The van der Waals surface area contributed by atoms with Gasteiger partial charge in [0.05, 0.1) is 33.9 Å². The van der Waals surface area contributed by atoms with Gasteiger partial charge in [0.25, 0.3) is 5.56 Å². The first kappa shape index (κ1) is 37.9. The molecule has 13 nitrogen and oxygen atoms in total. The zero-order valence-corrected chi connectivity index (χ0v) is 28.9. The molecule has 3 aromatic carbocycles. The van der Waals surface area contributed by atoms with Gasteiger partial charge in [-0.2, -0.15) is 13.2 Å². The molecule has 2 bridgehead atoms. The number of aliphatic hydroxyl groups is 1. The summed E-state index contributed by atoms with van der Waals surface area (Å²) in [4.78, 5) is 50.9. The van der Waals surface area contributed by atoms with Crippen molar-refractivity contribution in [3.8, 4) is 23.3 Å². The van der Waals surface area contributed by atoms with Crippen LogP contribution in [0.3, 0.4) is 0 Å². The van der Waals surface area contributed by atoms with Crippen LogP contribution < -0.4 is 31.4 Å². The highest BCUT2D eigenvalue weighted by molar-refractivity contribution is 5.87. The molecule has 0 spiro atoms. The quantitative estimate of drug-likeness (QED) is 0.133. The fourth-order valence-electron chi connectivity index (χ4n) is 6.87. The van der Waals surface area contributed by atoms with Crippen LogP contribution in [-0.2, 0) is 24.5 Å². The second-order valence-corrected chi connectivity index (χ2v) is 12.7. The Kier molecular flexibility index (Phi) is 10.7. The molecule has 4 aromatic rings. The number of rotatable bonds is 11. The molecule has 3 heterocycles. The zero-order chi connectivity index (χ0) is 38.7. The molecule has 0 radical (unpaired) electrons. The van der Waals surface area contributed by atoms with Gasteiger partial charge in [0.2, 0.25) is 5.91 Å². The van der Waals surface area contributed by atoms with E-state index in [-0.39, 0.29) is 18.6 Å². The number of alkyl halides is 3. The van der Waals surface area contributed by atoms with Gasteiger partial charge in [-0.05, 0) is 47.4 Å². The molecule has 2 saturated heterocycles. The zero-order valence-electron chi connectivity index (χ0n) is 28.9. The average Bonchev–Trinajstić information content (AvgIpc) is 3.62. The van der Waals surface area contributed by atoms with Crippen molar-refractivity contribution in [3.05, 3.63) is 128 Å². The Morgan fingerprint density at radius 1 is 0.944 bits per heavy atom. The highest BCUT2D eigenvalue weighted by Gasteiger charge is 2.64. The topological polar surface area (TPSA) is 170 Å². The number of halogens is 3. The minimum atomic E-state index is -5.15. The number of H-pyrrole nitrogens is 1. The fraction of sp³-hybridized carbons (Fsp3) is 0.316. The number of amides is 2. The lowest BCUT2D eigenvalue weighted by molar-refractivity contribution is -0.180. The molecule has 54 heavy (non-hydrogen) atoms. The summed E-state index contributed by atoms with van der Waals surface area (Å²) in [6, 6.07) is 24.8. The Morgan fingerprint density at radius 3 is 2.11 bits per heavy atom. The van der Waals surface area contributed by atoms with Crippen LogP contribution in [0.2, 0.25) is 0 Å². The van der Waals surface area contributed by atoms with E-state index in [0.29, 0.717) is 11.5 Å². The lowest BCUT2D eigenvalue weighted by Crippen LogP contribution is -2.48. The number of aromatic amines is 1. The van der Waals surface area contributed by atoms with Crippen molar-refractivity contribution >= 4 is 11.8 Å². The molecule has 282 valence electrons. The first-order valence-electron chi connectivity index (χ1n) is 16.6. The molecule has 2 aliphatic heterocycles. The number of hydrogen-bond donors (Lipinski definition) is 4. The van der Waals surface area contributed by atoms with Gasteiger partial charge in [-0.15, -0.1) is 0 Å². The molecule has 4 N–H and O–H groups in total. The first-order chi connectivity index (χ1) is 25.8. The van der Waals surface area contributed by atoms with E-state index in [2.05, 4.69) is 22.1 Å². The molecule has 2 unspecified atom stereocenters. The second kappa shape index (κ2) is 15.2. The Bertz CT molecular complexity index is 2130. The number of nitrogens with one attached hydrogen (secondary N) is 3. The highest BCUT2D eigenvalue weighted by atomic mass is 19.4. The number of benzene rings is 3. The van der Waals surface area contributed by atoms with Crippen LogP contribution in [0.15, 0.2) is 94.6 Å². The number of fused-ring (bicyclic) bond motifs is 2. The van der Waals surface area contributed by atoms with Crippen LogP contribution in [0.1, 0.15) is 34.9 Å². The second-order valence-electron chi connectivity index (χ2n) is 12.7. The molecule has 1 aromatic heterocycles. The minimum Gasteiger partial charge on any atom is -0.497 e. The van der Waals surface area contributed by atoms with Crippen LogP contribution in [0.25, 0.3) is 0 Å². The summed E-state index contributed by atoms with van der Waals surface area (Å²) in [5.41, 5.74) is -1.67. The van der Waals surface area contributed by atoms with E-state index >= 15 is 0 Å². The SMILES string of the molecule is COc1ccc(C(CC23COC([C@H](n4cc(C#CCNC(=O)CNC(=O)C(F)(F)F)c(=O)[nH]c4=O)O2)[C@H]3O)(c2ccccc2)c2ccc(OC)cc2)cc1. The number of methoxy groups -OCH3 is 2. The molecule has 2 amide bonds. The normalized spacial score (nSPS) is 20.4. The molecular formula is C38H35F3N4O9. The lowest BCUT2D eigenvalue weighted by atomic mass is 9.63. The third-order valence-electron chi connectivity index (χ3n) is 9.51. The monoisotopic (exact) mass is 748 g/mol. The Morgan fingerprint density at radius 2 is 1.54 bits per heavy atom. The van der Waals surface area contributed by atoms with Crippen LogP contribution in [0, 0.1) is 11.8 Å². The van der Waals surface area contributed by atoms with Gasteiger partial charge in [-0.1, -0.05) is 66.4 Å². The summed E-state index contributed by atoms with van der Waals surface area (Å²) in [7, 11) is 3.14. The minimum absolute atomic E-state index is 0.0237. The number of ether oxygens (including phenoxy) is 4. The number of carbonyl (C=O) groups is 2. The summed E-state index contributed by atoms with van der Waals surface area (Å²) in [6.07, 6.45) is -7.32. The Hall–Kier alpha value is -5.89. The molecule has 16 heteroatoms. The smallest absolute Gasteiger partial charge is 0.471 e. The van der Waals surface area contributed by atoms with Gasteiger partial charge >= 0.3 is 17.8 Å². The van der Waals surface area contributed by atoms with E-state index in [0.717, 1.165) is 27.5 Å². The molecule has 2 fully saturated rings. The highest BCUT2D eigenvalue weighted by Crippen LogP contribution is 2.54. The van der Waals surface area contributed by atoms with E-state index in [9.17, 15) is 37.5 Å². The summed E-state index contributed by atoms with van der Waals surface area (Å²) in [5.74, 6) is 3.06. The number of carbonyl (C=O) groups excluding carboxylic acids is 2. The maximum Gasteiger partial charge on any atom is 0.471 e. The van der Waals surface area contributed by atoms with E-state index in [1.807, 2.05) is 78.9 Å². The largest absolute Gasteiger partial charge is 0.497 e. The summed E-state index contributed by atoms with van der Waals surface area (Å²) < 4.78 is 61.8. The lowest BCUT2D eigenvalue weighted by Gasteiger charge is -2.43. The van der Waals surface area contributed by atoms with Gasteiger partial charge in [-0.3, -0.25) is 23.9 Å². The van der Waals surface area contributed by atoms with Crippen LogP contribution >= 0.6 is 0 Å². The molecule has 0 saturated carbocycles. The van der Waals surface area contributed by atoms with Crippen molar-refractivity contribution in [3.63, 3.8) is 0 Å². The first-order valence-corrected chi connectivity index (χ1v) is 16.6. The van der Waals surface area contributed by atoms with Crippen molar-refractivity contribution < 1.29 is 46.8 Å². The predicted octanol–water partition coefficient (Wildman–Crippen LogP) is 2.15. The molecule has 0 aliphatic carbocycles. The van der Waals surface area contributed by atoms with E-state index < -0.39 is 71.8 Å². The van der Waals surface area contributed by atoms with Crippen LogP contribution in [-0.4, -0.2) is 84.4 Å². The summed E-state index contributed by atoms with van der Waals surface area (Å²) in [6.45, 7) is -1.37. The number of aromatic nitrogens is 2. The van der Waals surface area contributed by atoms with Gasteiger partial charge in [0.1, 0.15) is 34.9 Å². The Labute approximate surface area is 306 Å². The molecule has 6 rings (SSSR count). The maximum absolute atomic E-state index is 13.2. The van der Waals surface area contributed by atoms with Crippen LogP contribution in [0.4, 0.5) is 13.2 Å². The molecule has 2 aliphatic rings. The van der Waals surface area contributed by atoms with Crippen molar-refractivity contribution in [1.29, 1.82) is 0 Å². The van der Waals surface area contributed by atoms with E-state index in [1.165, 1.54) is 5.32 Å². The third kappa shape index (κ3) is 7.33. The van der Waals surface area contributed by atoms with Gasteiger partial charge < -0.3 is 34.7 Å². The third-order valence-corrected chi connectivity index (χ3v) is 9.51. The summed E-state index contributed by atoms with van der Waals surface area (Å²) >= 11 is 0. The number of hydrogen-bond acceptors (Lipinski definition) is 9. The number of nitrogens with zero attached hydrogens (tertiary/aromatic N) is 1.